The summed E-state index contributed by atoms with van der Waals surface area (Å²) in [6.45, 7) is 2.11. The minimum Gasteiger partial charge on any atom is -0.0616 e. The Bertz CT molecular complexity index is 478. The standard InChI is InChI=1S/C13H11Br/c1-10(9-14)12-8-4-6-11-5-2-3-7-13(11)12/h2-9H,1H3. The summed E-state index contributed by atoms with van der Waals surface area (Å²) in [5.41, 5.74) is 2.54. The van der Waals surface area contributed by atoms with Crippen molar-refractivity contribution < 1.29 is 0 Å². The molecule has 0 aliphatic rings. The van der Waals surface area contributed by atoms with Gasteiger partial charge in [0.05, 0.1) is 0 Å². The van der Waals surface area contributed by atoms with Gasteiger partial charge in [-0.1, -0.05) is 58.4 Å². The van der Waals surface area contributed by atoms with Gasteiger partial charge in [-0.2, -0.15) is 0 Å². The monoisotopic (exact) mass is 246 g/mol. The van der Waals surface area contributed by atoms with Crippen LogP contribution >= 0.6 is 15.9 Å². The first-order valence-electron chi connectivity index (χ1n) is 4.58. The molecule has 0 aliphatic heterocycles. The van der Waals surface area contributed by atoms with E-state index in [2.05, 4.69) is 65.3 Å². The van der Waals surface area contributed by atoms with Gasteiger partial charge in [-0.05, 0) is 33.8 Å². The van der Waals surface area contributed by atoms with Crippen LogP contribution in [-0.4, -0.2) is 0 Å². The van der Waals surface area contributed by atoms with Gasteiger partial charge in [0.1, 0.15) is 0 Å². The van der Waals surface area contributed by atoms with Crippen molar-refractivity contribution in [1.82, 2.24) is 0 Å². The molecule has 2 rings (SSSR count). The third-order valence-electron chi connectivity index (χ3n) is 2.38. The van der Waals surface area contributed by atoms with Crippen molar-refractivity contribution in [2.75, 3.05) is 0 Å². The van der Waals surface area contributed by atoms with Gasteiger partial charge < -0.3 is 0 Å². The molecule has 0 amide bonds. The predicted molar refractivity (Wildman–Crippen MR) is 66.5 cm³/mol. The van der Waals surface area contributed by atoms with Crippen LogP contribution in [0.2, 0.25) is 0 Å². The molecule has 0 aromatic heterocycles. The molecule has 0 N–H and O–H groups in total. The van der Waals surface area contributed by atoms with Gasteiger partial charge in [0.2, 0.25) is 0 Å². The first-order valence-corrected chi connectivity index (χ1v) is 5.49. The molecule has 0 unspecified atom stereocenters. The summed E-state index contributed by atoms with van der Waals surface area (Å²) < 4.78 is 0. The zero-order chi connectivity index (χ0) is 9.97. The molecule has 14 heavy (non-hydrogen) atoms. The summed E-state index contributed by atoms with van der Waals surface area (Å²) in [6, 6.07) is 14.8. The Morgan fingerprint density at radius 2 is 1.79 bits per heavy atom. The van der Waals surface area contributed by atoms with Gasteiger partial charge >= 0.3 is 0 Å². The van der Waals surface area contributed by atoms with Crippen LogP contribution in [0.15, 0.2) is 47.4 Å². The van der Waals surface area contributed by atoms with E-state index in [1.54, 1.807) is 0 Å². The second-order valence-corrected chi connectivity index (χ2v) is 3.78. The predicted octanol–water partition coefficient (Wildman–Crippen LogP) is 4.60. The average Bonchev–Trinajstić information content (AvgIpc) is 2.27. The minimum absolute atomic E-state index is 1.25. The maximum atomic E-state index is 3.38. The summed E-state index contributed by atoms with van der Waals surface area (Å²) in [5, 5.41) is 2.60. The Labute approximate surface area is 92.4 Å². The highest BCUT2D eigenvalue weighted by atomic mass is 79.9. The van der Waals surface area contributed by atoms with E-state index in [1.165, 1.54) is 21.9 Å². The summed E-state index contributed by atoms with van der Waals surface area (Å²) in [5.74, 6) is 0. The number of hydrogen-bond donors (Lipinski definition) is 0. The quantitative estimate of drug-likeness (QED) is 0.691. The number of benzene rings is 2. The fourth-order valence-electron chi connectivity index (χ4n) is 1.63. The summed E-state index contributed by atoms with van der Waals surface area (Å²) in [7, 11) is 0. The Morgan fingerprint density at radius 3 is 2.57 bits per heavy atom. The van der Waals surface area contributed by atoms with Gasteiger partial charge in [0.15, 0.2) is 0 Å². The first-order chi connectivity index (χ1) is 6.83. The fourth-order valence-corrected chi connectivity index (χ4v) is 1.87. The zero-order valence-corrected chi connectivity index (χ0v) is 9.58. The topological polar surface area (TPSA) is 0 Å². The van der Waals surface area contributed by atoms with Gasteiger partial charge in [-0.25, -0.2) is 0 Å². The van der Waals surface area contributed by atoms with E-state index in [1.807, 2.05) is 4.99 Å². The molecule has 70 valence electrons. The molecule has 0 spiro atoms. The van der Waals surface area contributed by atoms with Crippen molar-refractivity contribution in [1.29, 1.82) is 0 Å². The molecule has 0 bridgehead atoms. The summed E-state index contributed by atoms with van der Waals surface area (Å²) in [4.78, 5) is 1.97. The number of halogens is 1. The summed E-state index contributed by atoms with van der Waals surface area (Å²) in [6.07, 6.45) is 0. The molecule has 0 saturated carbocycles. The van der Waals surface area contributed by atoms with Crippen molar-refractivity contribution >= 4 is 32.3 Å². The normalized spacial score (nSPS) is 12.0. The van der Waals surface area contributed by atoms with E-state index in [-0.39, 0.29) is 0 Å². The van der Waals surface area contributed by atoms with Crippen LogP contribution in [0.3, 0.4) is 0 Å². The molecule has 1 heteroatoms. The Morgan fingerprint density at radius 1 is 1.07 bits per heavy atom. The highest BCUT2D eigenvalue weighted by Gasteiger charge is 2.00. The van der Waals surface area contributed by atoms with E-state index in [0.29, 0.717) is 0 Å². The lowest BCUT2D eigenvalue weighted by Gasteiger charge is -2.05. The molecular formula is C13H11Br. The molecule has 0 saturated heterocycles. The van der Waals surface area contributed by atoms with Crippen LogP contribution in [0.25, 0.3) is 16.3 Å². The molecule has 0 atom stereocenters. The smallest absolute Gasteiger partial charge is 0.0109 e. The van der Waals surface area contributed by atoms with Gasteiger partial charge in [0.25, 0.3) is 0 Å². The number of fused-ring (bicyclic) bond motifs is 1. The van der Waals surface area contributed by atoms with Crippen molar-refractivity contribution in [3.63, 3.8) is 0 Å². The number of hydrogen-bond acceptors (Lipinski definition) is 0. The SMILES string of the molecule is CC(=CBr)c1cccc2ccccc12. The molecular weight excluding hydrogens is 236 g/mol. The fraction of sp³-hybridized carbons (Fsp3) is 0.0769. The van der Waals surface area contributed by atoms with Gasteiger partial charge in [-0.3, -0.25) is 0 Å². The van der Waals surface area contributed by atoms with Crippen LogP contribution in [0, 0.1) is 0 Å². The van der Waals surface area contributed by atoms with Gasteiger partial charge in [-0.15, -0.1) is 0 Å². The van der Waals surface area contributed by atoms with E-state index in [0.717, 1.165) is 0 Å². The second kappa shape index (κ2) is 3.97. The highest BCUT2D eigenvalue weighted by molar-refractivity contribution is 9.11. The van der Waals surface area contributed by atoms with Crippen LogP contribution in [-0.2, 0) is 0 Å². The molecule has 2 aromatic carbocycles. The molecule has 2 aromatic rings. The maximum absolute atomic E-state index is 3.38. The maximum Gasteiger partial charge on any atom is -0.0109 e. The second-order valence-electron chi connectivity index (χ2n) is 3.32. The van der Waals surface area contributed by atoms with Crippen molar-refractivity contribution in [3.8, 4) is 0 Å². The lowest BCUT2D eigenvalue weighted by molar-refractivity contribution is 1.63. The molecule has 0 radical (unpaired) electrons. The molecule has 0 heterocycles. The third-order valence-corrected chi connectivity index (χ3v) is 3.06. The number of rotatable bonds is 1. The van der Waals surface area contributed by atoms with Crippen LogP contribution in [0.5, 0.6) is 0 Å². The highest BCUT2D eigenvalue weighted by Crippen LogP contribution is 2.25. The van der Waals surface area contributed by atoms with Crippen molar-refractivity contribution in [3.05, 3.63) is 53.0 Å². The lowest BCUT2D eigenvalue weighted by Crippen LogP contribution is -1.81. The first kappa shape index (κ1) is 9.47. The Kier molecular flexibility index (Phi) is 2.69. The zero-order valence-electron chi connectivity index (χ0n) is 8.00. The van der Waals surface area contributed by atoms with Gasteiger partial charge in [0, 0.05) is 0 Å². The van der Waals surface area contributed by atoms with Crippen LogP contribution < -0.4 is 0 Å². The molecule has 0 aliphatic carbocycles. The van der Waals surface area contributed by atoms with E-state index in [9.17, 15) is 0 Å². The molecule has 0 nitrogen and oxygen atoms in total. The summed E-state index contributed by atoms with van der Waals surface area (Å²) >= 11 is 3.38. The van der Waals surface area contributed by atoms with Crippen LogP contribution in [0.1, 0.15) is 12.5 Å². The Balaban J connectivity index is 2.77. The van der Waals surface area contributed by atoms with Crippen molar-refractivity contribution in [2.45, 2.75) is 6.92 Å². The lowest BCUT2D eigenvalue weighted by atomic mass is 10.0. The minimum atomic E-state index is 1.25. The number of allylic oxidation sites excluding steroid dienone is 1. The molecule has 0 fully saturated rings. The largest absolute Gasteiger partial charge is 0.0616 e. The third kappa shape index (κ3) is 1.60. The average molecular weight is 247 g/mol. The van der Waals surface area contributed by atoms with Crippen molar-refractivity contribution in [2.24, 2.45) is 0 Å². The van der Waals surface area contributed by atoms with E-state index in [4.69, 9.17) is 0 Å². The van der Waals surface area contributed by atoms with Crippen LogP contribution in [0.4, 0.5) is 0 Å². The Hall–Kier alpha value is -1.08. The van der Waals surface area contributed by atoms with E-state index >= 15 is 0 Å². The van der Waals surface area contributed by atoms with E-state index < -0.39 is 0 Å².